The number of fused-ring (bicyclic) bond motifs is 3. The Morgan fingerprint density at radius 2 is 1.63 bits per heavy atom. The second kappa shape index (κ2) is 8.27. The first-order valence-electron chi connectivity index (χ1n) is 10.7. The Hall–Kier alpha value is -3.20. The third-order valence-electron chi connectivity index (χ3n) is 5.90. The van der Waals surface area contributed by atoms with Gasteiger partial charge in [0.05, 0.1) is 5.52 Å². The van der Waals surface area contributed by atoms with Gasteiger partial charge in [0.1, 0.15) is 0 Å². The topological polar surface area (TPSA) is 39.1 Å². The molecular formula is C27H27NO2. The van der Waals surface area contributed by atoms with Gasteiger partial charge in [-0.3, -0.25) is 9.59 Å². The Morgan fingerprint density at radius 1 is 0.867 bits per heavy atom. The summed E-state index contributed by atoms with van der Waals surface area (Å²) in [5.41, 5.74) is 5.31. The molecule has 4 rings (SSSR count). The van der Waals surface area contributed by atoms with Crippen LogP contribution in [0.5, 0.6) is 0 Å². The number of para-hydroxylation sites is 1. The molecule has 0 aliphatic rings. The van der Waals surface area contributed by atoms with Crippen LogP contribution in [0.1, 0.15) is 65.5 Å². The van der Waals surface area contributed by atoms with E-state index in [9.17, 15) is 9.59 Å². The molecule has 3 heteroatoms. The van der Waals surface area contributed by atoms with Crippen molar-refractivity contribution in [3.8, 4) is 0 Å². The van der Waals surface area contributed by atoms with E-state index in [-0.39, 0.29) is 11.6 Å². The summed E-state index contributed by atoms with van der Waals surface area (Å²) in [4.78, 5) is 25.6. The van der Waals surface area contributed by atoms with E-state index in [2.05, 4.69) is 24.5 Å². The Morgan fingerprint density at radius 3 is 2.37 bits per heavy atom. The van der Waals surface area contributed by atoms with Crippen LogP contribution in [0.4, 0.5) is 0 Å². The summed E-state index contributed by atoms with van der Waals surface area (Å²) in [6.45, 7) is 6.71. The lowest BCUT2D eigenvalue weighted by Crippen LogP contribution is -2.05. The van der Waals surface area contributed by atoms with Gasteiger partial charge < -0.3 is 4.57 Å². The van der Waals surface area contributed by atoms with E-state index in [1.165, 1.54) is 0 Å². The maximum atomic E-state index is 13.3. The molecule has 0 atom stereocenters. The average molecular weight is 398 g/mol. The Labute approximate surface area is 177 Å². The molecule has 0 aliphatic carbocycles. The average Bonchev–Trinajstić information content (AvgIpc) is 3.10. The zero-order valence-electron chi connectivity index (χ0n) is 17.9. The van der Waals surface area contributed by atoms with Gasteiger partial charge in [0.2, 0.25) is 0 Å². The molecule has 0 fully saturated rings. The van der Waals surface area contributed by atoms with Gasteiger partial charge in [0, 0.05) is 39.5 Å². The van der Waals surface area contributed by atoms with Crippen molar-refractivity contribution in [2.75, 3.05) is 0 Å². The zero-order chi connectivity index (χ0) is 21.3. The van der Waals surface area contributed by atoms with E-state index < -0.39 is 0 Å². The van der Waals surface area contributed by atoms with Gasteiger partial charge in [-0.2, -0.15) is 0 Å². The molecule has 0 spiro atoms. The van der Waals surface area contributed by atoms with E-state index in [1.807, 2.05) is 54.6 Å². The van der Waals surface area contributed by atoms with Crippen molar-refractivity contribution in [3.63, 3.8) is 0 Å². The number of hydrogen-bond donors (Lipinski definition) is 0. The molecule has 0 unspecified atom stereocenters. The van der Waals surface area contributed by atoms with E-state index >= 15 is 0 Å². The summed E-state index contributed by atoms with van der Waals surface area (Å²) in [7, 11) is 0. The van der Waals surface area contributed by atoms with Gasteiger partial charge in [-0.25, -0.2) is 0 Å². The molecule has 3 nitrogen and oxygen atoms in total. The summed E-state index contributed by atoms with van der Waals surface area (Å²) < 4.78 is 2.25. The van der Waals surface area contributed by atoms with E-state index in [1.54, 1.807) is 6.92 Å². The molecule has 30 heavy (non-hydrogen) atoms. The lowest BCUT2D eigenvalue weighted by molar-refractivity contribution is 0.101. The van der Waals surface area contributed by atoms with Crippen molar-refractivity contribution in [1.29, 1.82) is 0 Å². The third kappa shape index (κ3) is 3.35. The number of carbonyl (C=O) groups excluding carboxylic acids is 2. The molecule has 4 aromatic rings. The van der Waals surface area contributed by atoms with Gasteiger partial charge in [-0.05, 0) is 49.6 Å². The van der Waals surface area contributed by atoms with Crippen LogP contribution < -0.4 is 0 Å². The molecule has 0 saturated heterocycles. The predicted octanol–water partition coefficient (Wildman–Crippen LogP) is 6.59. The largest absolute Gasteiger partial charge is 0.340 e. The Bertz CT molecular complexity index is 1260. The maximum Gasteiger partial charge on any atom is 0.193 e. The lowest BCUT2D eigenvalue weighted by atomic mass is 9.96. The highest BCUT2D eigenvalue weighted by Gasteiger charge is 2.18. The minimum absolute atomic E-state index is 0.0477. The third-order valence-corrected chi connectivity index (χ3v) is 5.90. The molecule has 0 bridgehead atoms. The van der Waals surface area contributed by atoms with Crippen molar-refractivity contribution >= 4 is 33.4 Å². The Kier molecular flexibility index (Phi) is 5.54. The highest BCUT2D eigenvalue weighted by atomic mass is 16.1. The first kappa shape index (κ1) is 20.1. The summed E-state index contributed by atoms with van der Waals surface area (Å²) in [6, 6.07) is 19.7. The van der Waals surface area contributed by atoms with Crippen LogP contribution in [0.15, 0.2) is 60.7 Å². The van der Waals surface area contributed by atoms with Crippen molar-refractivity contribution in [1.82, 2.24) is 4.57 Å². The maximum absolute atomic E-state index is 13.3. The smallest absolute Gasteiger partial charge is 0.193 e. The molecule has 0 amide bonds. The molecule has 0 aliphatic heterocycles. The molecule has 0 saturated carbocycles. The van der Waals surface area contributed by atoms with Gasteiger partial charge >= 0.3 is 0 Å². The van der Waals surface area contributed by atoms with Crippen molar-refractivity contribution in [2.45, 2.75) is 46.6 Å². The monoisotopic (exact) mass is 397 g/mol. The fourth-order valence-electron chi connectivity index (χ4n) is 4.34. The summed E-state index contributed by atoms with van der Waals surface area (Å²) in [5.74, 6) is 0.112. The fraction of sp³-hybridized carbons (Fsp3) is 0.259. The highest BCUT2D eigenvalue weighted by Crippen LogP contribution is 2.33. The standard InChI is InChI=1S/C27H27NO2/c1-4-6-16-28-25-15-14-20(27(30)22-11-8-7-10-19(22)5-2)17-24(25)23-13-9-12-21(18(3)29)26(23)28/h7-15,17H,4-6,16H2,1-3H3. The number of ketones is 2. The second-order valence-electron chi connectivity index (χ2n) is 7.83. The van der Waals surface area contributed by atoms with Crippen molar-refractivity contribution < 1.29 is 9.59 Å². The molecule has 152 valence electrons. The van der Waals surface area contributed by atoms with Gasteiger partial charge in [0.15, 0.2) is 11.6 Å². The number of rotatable bonds is 7. The van der Waals surface area contributed by atoms with E-state index in [0.29, 0.717) is 5.56 Å². The Balaban J connectivity index is 1.95. The van der Waals surface area contributed by atoms with Crippen LogP contribution in [0.2, 0.25) is 0 Å². The first-order chi connectivity index (χ1) is 14.6. The number of benzene rings is 3. The van der Waals surface area contributed by atoms with Gasteiger partial charge in [0.25, 0.3) is 0 Å². The van der Waals surface area contributed by atoms with Gasteiger partial charge in [-0.15, -0.1) is 0 Å². The minimum Gasteiger partial charge on any atom is -0.340 e. The van der Waals surface area contributed by atoms with Crippen LogP contribution in [0, 0.1) is 0 Å². The molecule has 0 N–H and O–H groups in total. The molecule has 1 aromatic heterocycles. The molecular weight excluding hydrogens is 370 g/mol. The molecule has 3 aromatic carbocycles. The summed E-state index contributed by atoms with van der Waals surface area (Å²) in [5, 5.41) is 2.07. The SMILES string of the molecule is CCCCn1c2ccc(C(=O)c3ccccc3CC)cc2c2cccc(C(C)=O)c21. The number of nitrogens with zero attached hydrogens (tertiary/aromatic N) is 1. The minimum atomic E-state index is 0.0477. The van der Waals surface area contributed by atoms with Crippen molar-refractivity contribution in [2.24, 2.45) is 0 Å². The van der Waals surface area contributed by atoms with Crippen LogP contribution in [0.25, 0.3) is 21.8 Å². The highest BCUT2D eigenvalue weighted by molar-refractivity contribution is 6.18. The lowest BCUT2D eigenvalue weighted by Gasteiger charge is -2.09. The number of hydrogen-bond acceptors (Lipinski definition) is 2. The predicted molar refractivity (Wildman–Crippen MR) is 124 cm³/mol. The normalized spacial score (nSPS) is 11.3. The zero-order valence-corrected chi connectivity index (χ0v) is 17.9. The summed E-state index contributed by atoms with van der Waals surface area (Å²) in [6.07, 6.45) is 2.94. The number of aryl methyl sites for hydroxylation is 2. The van der Waals surface area contributed by atoms with Crippen LogP contribution in [0.3, 0.4) is 0 Å². The van der Waals surface area contributed by atoms with Crippen LogP contribution >= 0.6 is 0 Å². The van der Waals surface area contributed by atoms with Gasteiger partial charge in [-0.1, -0.05) is 56.7 Å². The number of aromatic nitrogens is 1. The van der Waals surface area contributed by atoms with Crippen LogP contribution in [-0.2, 0) is 13.0 Å². The number of unbranched alkanes of at least 4 members (excludes halogenated alkanes) is 1. The first-order valence-corrected chi connectivity index (χ1v) is 10.7. The molecule has 0 radical (unpaired) electrons. The quantitative estimate of drug-likeness (QED) is 0.330. The van der Waals surface area contributed by atoms with E-state index in [0.717, 1.165) is 64.3 Å². The van der Waals surface area contributed by atoms with E-state index in [4.69, 9.17) is 0 Å². The second-order valence-corrected chi connectivity index (χ2v) is 7.83. The van der Waals surface area contributed by atoms with Crippen molar-refractivity contribution in [3.05, 3.63) is 82.9 Å². The summed E-state index contributed by atoms with van der Waals surface area (Å²) >= 11 is 0. The number of carbonyl (C=O) groups is 2. The number of Topliss-reactive ketones (excluding diaryl/α,β-unsaturated/α-hetero) is 1. The molecule has 1 heterocycles. The fourth-order valence-corrected chi connectivity index (χ4v) is 4.34. The van der Waals surface area contributed by atoms with Crippen LogP contribution in [-0.4, -0.2) is 16.1 Å².